The highest BCUT2D eigenvalue weighted by atomic mass is 16.5. The molecule has 1 amide bonds. The molecule has 3 rings (SSSR count). The molecule has 0 aliphatic heterocycles. The lowest BCUT2D eigenvalue weighted by molar-refractivity contribution is -0.124. The van der Waals surface area contributed by atoms with Crippen LogP contribution in [-0.2, 0) is 16.1 Å². The van der Waals surface area contributed by atoms with E-state index < -0.39 is 5.97 Å². The van der Waals surface area contributed by atoms with E-state index >= 15 is 0 Å². The summed E-state index contributed by atoms with van der Waals surface area (Å²) in [6.07, 6.45) is 0. The summed E-state index contributed by atoms with van der Waals surface area (Å²) in [5, 5.41) is 4.24. The Labute approximate surface area is 163 Å². The Morgan fingerprint density at radius 1 is 0.893 bits per heavy atom. The minimum atomic E-state index is -0.560. The number of fused-ring (bicyclic) bond motifs is 1. The molecule has 0 unspecified atom stereocenters. The number of nitrogens with one attached hydrogen (secondary N) is 1. The minimum Gasteiger partial charge on any atom is -0.497 e. The highest BCUT2D eigenvalue weighted by Gasteiger charge is 2.15. The lowest BCUT2D eigenvalue weighted by atomic mass is 10.0. The Bertz CT molecular complexity index is 999. The van der Waals surface area contributed by atoms with Gasteiger partial charge in [-0.15, -0.1) is 0 Å². The lowest BCUT2D eigenvalue weighted by Crippen LogP contribution is -2.28. The molecule has 3 aromatic carbocycles. The number of hydrogen-bond donors (Lipinski definition) is 1. The van der Waals surface area contributed by atoms with E-state index in [2.05, 4.69) is 5.32 Å². The van der Waals surface area contributed by atoms with Gasteiger partial charge >= 0.3 is 5.97 Å². The van der Waals surface area contributed by atoms with Crippen LogP contribution in [0.4, 0.5) is 0 Å². The fourth-order valence-electron chi connectivity index (χ4n) is 2.87. The summed E-state index contributed by atoms with van der Waals surface area (Å²) in [5.74, 6) is 0.442. The summed E-state index contributed by atoms with van der Waals surface area (Å²) in [4.78, 5) is 24.5. The topological polar surface area (TPSA) is 73.9 Å². The Morgan fingerprint density at radius 3 is 2.43 bits per heavy atom. The van der Waals surface area contributed by atoms with Crippen molar-refractivity contribution < 1.29 is 23.8 Å². The molecule has 0 fully saturated rings. The lowest BCUT2D eigenvalue weighted by Gasteiger charge is -2.11. The number of carbonyl (C=O) groups excluding carboxylic acids is 2. The molecule has 28 heavy (non-hydrogen) atoms. The van der Waals surface area contributed by atoms with Crippen LogP contribution in [0.2, 0.25) is 0 Å². The smallest absolute Gasteiger partial charge is 0.339 e. The van der Waals surface area contributed by atoms with Crippen molar-refractivity contribution in [2.24, 2.45) is 0 Å². The Balaban J connectivity index is 1.61. The molecule has 0 aliphatic carbocycles. The summed E-state index contributed by atoms with van der Waals surface area (Å²) in [7, 11) is 3.16. The molecule has 144 valence electrons. The van der Waals surface area contributed by atoms with Crippen LogP contribution < -0.4 is 14.8 Å². The zero-order chi connectivity index (χ0) is 19.9. The number of benzene rings is 3. The van der Waals surface area contributed by atoms with Crippen LogP contribution in [0.3, 0.4) is 0 Å². The van der Waals surface area contributed by atoms with Crippen molar-refractivity contribution in [1.29, 1.82) is 0 Å². The minimum absolute atomic E-state index is 0.319. The molecule has 6 heteroatoms. The van der Waals surface area contributed by atoms with Gasteiger partial charge in [0.25, 0.3) is 5.91 Å². The molecule has 0 aromatic heterocycles. The average molecular weight is 379 g/mol. The molecule has 6 nitrogen and oxygen atoms in total. The first-order valence-electron chi connectivity index (χ1n) is 8.75. The maximum Gasteiger partial charge on any atom is 0.339 e. The maximum atomic E-state index is 12.5. The van der Waals surface area contributed by atoms with Crippen LogP contribution in [0.15, 0.2) is 60.7 Å². The Morgan fingerprint density at radius 2 is 1.68 bits per heavy atom. The van der Waals surface area contributed by atoms with Crippen molar-refractivity contribution in [3.05, 3.63) is 71.8 Å². The first-order chi connectivity index (χ1) is 13.6. The number of esters is 1. The zero-order valence-electron chi connectivity index (χ0n) is 15.7. The molecular weight excluding hydrogens is 358 g/mol. The Hall–Kier alpha value is -3.54. The van der Waals surface area contributed by atoms with E-state index in [4.69, 9.17) is 14.2 Å². The van der Waals surface area contributed by atoms with Gasteiger partial charge in [-0.05, 0) is 35.2 Å². The molecule has 0 saturated carbocycles. The van der Waals surface area contributed by atoms with Gasteiger partial charge in [-0.3, -0.25) is 4.79 Å². The normalized spacial score (nSPS) is 10.4. The fourth-order valence-corrected chi connectivity index (χ4v) is 2.87. The predicted molar refractivity (Wildman–Crippen MR) is 106 cm³/mol. The molecular formula is C22H21NO5. The van der Waals surface area contributed by atoms with Gasteiger partial charge in [0.2, 0.25) is 0 Å². The van der Waals surface area contributed by atoms with Gasteiger partial charge in [0.1, 0.15) is 11.5 Å². The first kappa shape index (κ1) is 19.2. The maximum absolute atomic E-state index is 12.5. The van der Waals surface area contributed by atoms with Crippen molar-refractivity contribution in [1.82, 2.24) is 5.32 Å². The first-order valence-corrected chi connectivity index (χ1v) is 8.75. The fraction of sp³-hybridized carbons (Fsp3) is 0.182. The van der Waals surface area contributed by atoms with E-state index in [0.29, 0.717) is 29.0 Å². The van der Waals surface area contributed by atoms with Crippen molar-refractivity contribution in [3.8, 4) is 11.5 Å². The summed E-state index contributed by atoms with van der Waals surface area (Å²) in [5.41, 5.74) is 1.28. The molecule has 3 aromatic rings. The summed E-state index contributed by atoms with van der Waals surface area (Å²) < 4.78 is 15.7. The van der Waals surface area contributed by atoms with Crippen molar-refractivity contribution >= 4 is 22.6 Å². The molecule has 1 N–H and O–H groups in total. The third kappa shape index (κ3) is 4.40. The third-order valence-electron chi connectivity index (χ3n) is 4.28. The Kier molecular flexibility index (Phi) is 6.11. The van der Waals surface area contributed by atoms with Crippen molar-refractivity contribution in [2.75, 3.05) is 20.8 Å². The standard InChI is InChI=1S/C22H21NO5/c1-26-16-7-5-6-15(12-16)13-23-21(24)14-28-22(25)19-10-11-20(27-2)18-9-4-3-8-17(18)19/h3-12H,13-14H2,1-2H3,(H,23,24). The quantitative estimate of drug-likeness (QED) is 0.638. The molecule has 0 heterocycles. The van der Waals surface area contributed by atoms with Crippen LogP contribution in [0.1, 0.15) is 15.9 Å². The van der Waals surface area contributed by atoms with Gasteiger partial charge in [-0.2, -0.15) is 0 Å². The van der Waals surface area contributed by atoms with Crippen LogP contribution in [-0.4, -0.2) is 32.7 Å². The summed E-state index contributed by atoms with van der Waals surface area (Å²) >= 11 is 0. The van der Waals surface area contributed by atoms with Gasteiger partial charge in [-0.1, -0.05) is 36.4 Å². The van der Waals surface area contributed by atoms with Crippen LogP contribution in [0.5, 0.6) is 11.5 Å². The number of hydrogen-bond acceptors (Lipinski definition) is 5. The number of carbonyl (C=O) groups is 2. The average Bonchev–Trinajstić information content (AvgIpc) is 2.75. The van der Waals surface area contributed by atoms with E-state index in [1.807, 2.05) is 48.5 Å². The predicted octanol–water partition coefficient (Wildman–Crippen LogP) is 3.33. The second kappa shape index (κ2) is 8.90. The highest BCUT2D eigenvalue weighted by Crippen LogP contribution is 2.28. The third-order valence-corrected chi connectivity index (χ3v) is 4.28. The highest BCUT2D eigenvalue weighted by molar-refractivity contribution is 6.06. The molecule has 0 radical (unpaired) electrons. The summed E-state index contributed by atoms with van der Waals surface area (Å²) in [6.45, 7) is -0.0395. The second-order valence-corrected chi connectivity index (χ2v) is 6.07. The number of ether oxygens (including phenoxy) is 3. The van der Waals surface area contributed by atoms with Crippen molar-refractivity contribution in [3.63, 3.8) is 0 Å². The van der Waals surface area contributed by atoms with Gasteiger partial charge in [0, 0.05) is 11.9 Å². The van der Waals surface area contributed by atoms with Gasteiger partial charge < -0.3 is 19.5 Å². The van der Waals surface area contributed by atoms with Gasteiger partial charge in [0.15, 0.2) is 6.61 Å². The summed E-state index contributed by atoms with van der Waals surface area (Å²) in [6, 6.07) is 18.1. The largest absolute Gasteiger partial charge is 0.497 e. The van der Waals surface area contributed by atoms with Gasteiger partial charge in [-0.25, -0.2) is 4.79 Å². The molecule has 0 saturated heterocycles. The molecule has 0 aliphatic rings. The van der Waals surface area contributed by atoms with E-state index in [1.165, 1.54) is 0 Å². The van der Waals surface area contributed by atoms with E-state index in [0.717, 1.165) is 10.9 Å². The molecule has 0 atom stereocenters. The molecule has 0 spiro atoms. The SMILES string of the molecule is COc1cccc(CNC(=O)COC(=O)c2ccc(OC)c3ccccc23)c1. The van der Waals surface area contributed by atoms with Crippen LogP contribution in [0.25, 0.3) is 10.8 Å². The number of amides is 1. The van der Waals surface area contributed by atoms with Gasteiger partial charge in [0.05, 0.1) is 19.8 Å². The zero-order valence-corrected chi connectivity index (χ0v) is 15.7. The van der Waals surface area contributed by atoms with Crippen LogP contribution >= 0.6 is 0 Å². The number of rotatable bonds is 7. The van der Waals surface area contributed by atoms with Crippen molar-refractivity contribution in [2.45, 2.75) is 6.54 Å². The molecule has 0 bridgehead atoms. The number of methoxy groups -OCH3 is 2. The van der Waals surface area contributed by atoms with Crippen LogP contribution in [0, 0.1) is 0 Å². The van der Waals surface area contributed by atoms with E-state index in [-0.39, 0.29) is 12.5 Å². The second-order valence-electron chi connectivity index (χ2n) is 6.07. The monoisotopic (exact) mass is 379 g/mol. The van der Waals surface area contributed by atoms with E-state index in [9.17, 15) is 9.59 Å². The van der Waals surface area contributed by atoms with E-state index in [1.54, 1.807) is 26.4 Å².